The lowest BCUT2D eigenvalue weighted by Gasteiger charge is -2.14. The number of rotatable bonds is 5. The molecule has 6 heteroatoms. The van der Waals surface area contributed by atoms with Crippen molar-refractivity contribution >= 4 is 17.2 Å². The summed E-state index contributed by atoms with van der Waals surface area (Å²) in [5.41, 5.74) is 9.89. The van der Waals surface area contributed by atoms with E-state index in [9.17, 15) is 4.79 Å². The monoisotopic (exact) mass is 324 g/mol. The van der Waals surface area contributed by atoms with E-state index in [1.165, 1.54) is 0 Å². The molecule has 6 nitrogen and oxygen atoms in total. The fourth-order valence-electron chi connectivity index (χ4n) is 2.57. The molecule has 0 spiro atoms. The minimum absolute atomic E-state index is 0.214. The molecule has 124 valence electrons. The molecule has 24 heavy (non-hydrogen) atoms. The first-order chi connectivity index (χ1) is 11.6. The van der Waals surface area contributed by atoms with Gasteiger partial charge in [0.2, 0.25) is 0 Å². The van der Waals surface area contributed by atoms with Crippen LogP contribution in [0, 0.1) is 6.92 Å². The van der Waals surface area contributed by atoms with Crippen LogP contribution in [0.2, 0.25) is 0 Å². The fraction of sp³-hybridized carbons (Fsp3) is 0.222. The number of methoxy groups -OCH3 is 1. The molecular weight excluding hydrogens is 304 g/mol. The van der Waals surface area contributed by atoms with Gasteiger partial charge in [0.15, 0.2) is 0 Å². The van der Waals surface area contributed by atoms with Gasteiger partial charge in [-0.3, -0.25) is 9.20 Å². The first-order valence-electron chi connectivity index (χ1n) is 7.68. The lowest BCUT2D eigenvalue weighted by molar-refractivity contribution is 0.102. The zero-order valence-electron chi connectivity index (χ0n) is 13.7. The normalized spacial score (nSPS) is 12.3. The molecule has 0 saturated carbocycles. The van der Waals surface area contributed by atoms with Crippen LogP contribution < -0.4 is 11.1 Å². The number of anilines is 1. The molecule has 3 aromatic rings. The molecule has 0 bridgehead atoms. The molecule has 0 fully saturated rings. The summed E-state index contributed by atoms with van der Waals surface area (Å²) in [6.07, 6.45) is 3.38. The number of imidazole rings is 1. The predicted octanol–water partition coefficient (Wildman–Crippen LogP) is 2.54. The SMILES string of the molecule is COC[C@H](N)c1ccc(C)c(NC(=O)c2cnc3ccccn23)c1. The van der Waals surface area contributed by atoms with Crippen molar-refractivity contribution < 1.29 is 9.53 Å². The number of nitrogens with zero attached hydrogens (tertiary/aromatic N) is 2. The molecule has 1 aromatic carbocycles. The first-order valence-corrected chi connectivity index (χ1v) is 7.68. The van der Waals surface area contributed by atoms with Gasteiger partial charge in [-0.05, 0) is 36.2 Å². The Bertz CT molecular complexity index is 872. The van der Waals surface area contributed by atoms with Gasteiger partial charge in [0.1, 0.15) is 11.3 Å². The summed E-state index contributed by atoms with van der Waals surface area (Å²) in [6, 6.07) is 11.1. The number of carbonyl (C=O) groups excluding carboxylic acids is 1. The van der Waals surface area contributed by atoms with Gasteiger partial charge in [-0.15, -0.1) is 0 Å². The van der Waals surface area contributed by atoms with E-state index in [1.54, 1.807) is 17.7 Å². The van der Waals surface area contributed by atoms with Crippen molar-refractivity contribution in [2.24, 2.45) is 5.73 Å². The third-order valence-electron chi connectivity index (χ3n) is 3.93. The number of hydrogen-bond donors (Lipinski definition) is 2. The Morgan fingerprint density at radius 2 is 2.21 bits per heavy atom. The van der Waals surface area contributed by atoms with Gasteiger partial charge in [-0.25, -0.2) is 4.98 Å². The van der Waals surface area contributed by atoms with Gasteiger partial charge in [0.25, 0.3) is 5.91 Å². The maximum absolute atomic E-state index is 12.6. The summed E-state index contributed by atoms with van der Waals surface area (Å²) < 4.78 is 6.85. The van der Waals surface area contributed by atoms with Crippen LogP contribution in [0.4, 0.5) is 5.69 Å². The molecule has 0 aliphatic carbocycles. The molecule has 0 unspecified atom stereocenters. The zero-order valence-corrected chi connectivity index (χ0v) is 13.7. The number of nitrogens with one attached hydrogen (secondary N) is 1. The molecule has 0 radical (unpaired) electrons. The Morgan fingerprint density at radius 3 is 3.00 bits per heavy atom. The zero-order chi connectivity index (χ0) is 17.1. The predicted molar refractivity (Wildman–Crippen MR) is 93.1 cm³/mol. The Balaban J connectivity index is 1.87. The molecule has 3 N–H and O–H groups in total. The number of hydrogen-bond acceptors (Lipinski definition) is 4. The van der Waals surface area contributed by atoms with Crippen molar-refractivity contribution in [3.8, 4) is 0 Å². The van der Waals surface area contributed by atoms with Gasteiger partial charge in [-0.2, -0.15) is 0 Å². The second kappa shape index (κ2) is 6.82. The van der Waals surface area contributed by atoms with Crippen molar-refractivity contribution in [1.29, 1.82) is 0 Å². The van der Waals surface area contributed by atoms with E-state index in [4.69, 9.17) is 10.5 Å². The van der Waals surface area contributed by atoms with Crippen LogP contribution >= 0.6 is 0 Å². The number of amides is 1. The maximum atomic E-state index is 12.6. The van der Waals surface area contributed by atoms with Crippen molar-refractivity contribution in [1.82, 2.24) is 9.38 Å². The first kappa shape index (κ1) is 16.2. The van der Waals surface area contributed by atoms with E-state index in [2.05, 4.69) is 10.3 Å². The largest absolute Gasteiger partial charge is 0.383 e. The molecule has 1 amide bonds. The third-order valence-corrected chi connectivity index (χ3v) is 3.93. The second-order valence-electron chi connectivity index (χ2n) is 5.66. The van der Waals surface area contributed by atoms with E-state index in [0.717, 1.165) is 22.5 Å². The van der Waals surface area contributed by atoms with E-state index in [-0.39, 0.29) is 11.9 Å². The molecule has 1 atom stereocenters. The minimum Gasteiger partial charge on any atom is -0.383 e. The maximum Gasteiger partial charge on any atom is 0.274 e. The Morgan fingerprint density at radius 1 is 1.38 bits per heavy atom. The molecule has 0 aliphatic heterocycles. The van der Waals surface area contributed by atoms with E-state index in [0.29, 0.717) is 12.3 Å². The molecule has 2 aromatic heterocycles. The summed E-state index contributed by atoms with van der Waals surface area (Å²) in [5.74, 6) is -0.214. The molecule has 0 aliphatic rings. The smallest absolute Gasteiger partial charge is 0.274 e. The Hall–Kier alpha value is -2.70. The molecular formula is C18H20N4O2. The number of benzene rings is 1. The quantitative estimate of drug-likeness (QED) is 0.755. The van der Waals surface area contributed by atoms with Crippen LogP contribution in [0.5, 0.6) is 0 Å². The van der Waals surface area contributed by atoms with Gasteiger partial charge in [0.05, 0.1) is 18.8 Å². The summed E-state index contributed by atoms with van der Waals surface area (Å²) >= 11 is 0. The topological polar surface area (TPSA) is 81.6 Å². The number of ether oxygens (including phenoxy) is 1. The third kappa shape index (κ3) is 3.15. The van der Waals surface area contributed by atoms with Crippen LogP contribution in [0.3, 0.4) is 0 Å². The lowest BCUT2D eigenvalue weighted by atomic mass is 10.0. The van der Waals surface area contributed by atoms with Crippen LogP contribution in [-0.2, 0) is 4.74 Å². The fourth-order valence-corrected chi connectivity index (χ4v) is 2.57. The molecule has 0 saturated heterocycles. The number of aryl methyl sites for hydroxylation is 1. The van der Waals surface area contributed by atoms with Crippen molar-refractivity contribution in [2.75, 3.05) is 19.0 Å². The highest BCUT2D eigenvalue weighted by Gasteiger charge is 2.14. The van der Waals surface area contributed by atoms with Gasteiger partial charge < -0.3 is 15.8 Å². The average Bonchev–Trinajstić information content (AvgIpc) is 3.01. The number of pyridine rings is 1. The summed E-state index contributed by atoms with van der Waals surface area (Å²) in [5, 5.41) is 2.95. The number of fused-ring (bicyclic) bond motifs is 1. The van der Waals surface area contributed by atoms with Crippen molar-refractivity contribution in [2.45, 2.75) is 13.0 Å². The summed E-state index contributed by atoms with van der Waals surface area (Å²) in [6.45, 7) is 2.36. The second-order valence-corrected chi connectivity index (χ2v) is 5.66. The van der Waals surface area contributed by atoms with Gasteiger partial charge >= 0.3 is 0 Å². The number of carbonyl (C=O) groups is 1. The van der Waals surface area contributed by atoms with E-state index < -0.39 is 0 Å². The van der Waals surface area contributed by atoms with Crippen LogP contribution in [-0.4, -0.2) is 29.0 Å². The highest BCUT2D eigenvalue weighted by molar-refractivity contribution is 6.03. The van der Waals surface area contributed by atoms with Crippen molar-refractivity contribution in [3.05, 3.63) is 65.6 Å². The van der Waals surface area contributed by atoms with Crippen LogP contribution in [0.15, 0.2) is 48.8 Å². The van der Waals surface area contributed by atoms with Crippen molar-refractivity contribution in [3.63, 3.8) is 0 Å². The van der Waals surface area contributed by atoms with Gasteiger partial charge in [-0.1, -0.05) is 18.2 Å². The number of aromatic nitrogens is 2. The summed E-state index contributed by atoms with van der Waals surface area (Å²) in [7, 11) is 1.61. The van der Waals surface area contributed by atoms with E-state index >= 15 is 0 Å². The summed E-state index contributed by atoms with van der Waals surface area (Å²) in [4.78, 5) is 16.9. The molecule has 2 heterocycles. The standard InChI is InChI=1S/C18H20N4O2/c1-12-6-7-13(14(19)11-24-2)9-15(12)21-18(23)16-10-20-17-5-3-4-8-22(16)17/h3-10,14H,11,19H2,1-2H3,(H,21,23)/t14-/m0/s1. The van der Waals surface area contributed by atoms with Crippen LogP contribution in [0.1, 0.15) is 27.7 Å². The van der Waals surface area contributed by atoms with Gasteiger partial charge in [0, 0.05) is 19.0 Å². The van der Waals surface area contributed by atoms with Crippen LogP contribution in [0.25, 0.3) is 5.65 Å². The Kier molecular flexibility index (Phi) is 4.59. The highest BCUT2D eigenvalue weighted by atomic mass is 16.5. The highest BCUT2D eigenvalue weighted by Crippen LogP contribution is 2.21. The average molecular weight is 324 g/mol. The minimum atomic E-state index is -0.234. The number of nitrogens with two attached hydrogens (primary N) is 1. The lowest BCUT2D eigenvalue weighted by Crippen LogP contribution is -2.18. The van der Waals surface area contributed by atoms with E-state index in [1.807, 2.05) is 49.5 Å². The molecule has 3 rings (SSSR count). The Labute approximate surface area is 140 Å².